The number of ether oxygens (including phenoxy) is 2. The highest BCUT2D eigenvalue weighted by atomic mass is 19.1. The maximum absolute atomic E-state index is 15.0. The fourth-order valence-corrected chi connectivity index (χ4v) is 3.60. The van der Waals surface area contributed by atoms with E-state index in [1.165, 1.54) is 30.0 Å². The zero-order valence-corrected chi connectivity index (χ0v) is 17.3. The van der Waals surface area contributed by atoms with Gasteiger partial charge in [0.2, 0.25) is 0 Å². The number of nitrogens with zero attached hydrogens (tertiary/aromatic N) is 1. The van der Waals surface area contributed by atoms with E-state index in [1.54, 1.807) is 43.3 Å². The van der Waals surface area contributed by atoms with Crippen molar-refractivity contribution in [2.24, 2.45) is 0 Å². The van der Waals surface area contributed by atoms with Crippen LogP contribution in [0.1, 0.15) is 11.1 Å². The lowest BCUT2D eigenvalue weighted by atomic mass is 9.89. The Morgan fingerprint density at radius 2 is 1.75 bits per heavy atom. The molecule has 0 aliphatic carbocycles. The molecular weight excluding hydrogens is 417 g/mol. The zero-order valence-electron chi connectivity index (χ0n) is 17.3. The van der Waals surface area contributed by atoms with Crippen molar-refractivity contribution in [1.82, 2.24) is 15.2 Å². The van der Waals surface area contributed by atoms with Crippen molar-refractivity contribution in [1.29, 1.82) is 0 Å². The Balaban J connectivity index is 1.73. The SMILES string of the molecule is COc1ccccc1Oc1ccc(C2(Cn3cccc(C)c3=O)NC(=O)NC2=O)cc1F. The third-order valence-electron chi connectivity index (χ3n) is 5.27. The maximum Gasteiger partial charge on any atom is 0.322 e. The van der Waals surface area contributed by atoms with Gasteiger partial charge in [0.25, 0.3) is 11.5 Å². The number of aromatic nitrogens is 1. The van der Waals surface area contributed by atoms with E-state index in [4.69, 9.17) is 9.47 Å². The van der Waals surface area contributed by atoms with E-state index < -0.39 is 23.3 Å². The third-order valence-corrected chi connectivity index (χ3v) is 5.27. The smallest absolute Gasteiger partial charge is 0.322 e. The summed E-state index contributed by atoms with van der Waals surface area (Å²) in [5.41, 5.74) is -1.35. The molecule has 1 aliphatic rings. The van der Waals surface area contributed by atoms with Crippen LogP contribution in [-0.4, -0.2) is 23.6 Å². The number of methoxy groups -OCH3 is 1. The van der Waals surface area contributed by atoms with E-state index in [-0.39, 0.29) is 23.4 Å². The van der Waals surface area contributed by atoms with Gasteiger partial charge in [-0.25, -0.2) is 9.18 Å². The van der Waals surface area contributed by atoms with E-state index in [0.29, 0.717) is 17.1 Å². The molecule has 8 nitrogen and oxygen atoms in total. The number of carbonyl (C=O) groups excluding carboxylic acids is 2. The number of halogens is 1. The van der Waals surface area contributed by atoms with Crippen molar-refractivity contribution in [3.8, 4) is 17.2 Å². The van der Waals surface area contributed by atoms with Gasteiger partial charge in [0.1, 0.15) is 0 Å². The summed E-state index contributed by atoms with van der Waals surface area (Å²) in [7, 11) is 1.47. The first-order valence-corrected chi connectivity index (χ1v) is 9.74. The summed E-state index contributed by atoms with van der Waals surface area (Å²) in [5, 5.41) is 4.73. The number of pyridine rings is 1. The molecular formula is C23H20FN3O5. The number of rotatable bonds is 6. The van der Waals surface area contributed by atoms with Crippen LogP contribution < -0.4 is 25.7 Å². The molecule has 0 saturated carbocycles. The Morgan fingerprint density at radius 3 is 2.41 bits per heavy atom. The second-order valence-corrected chi connectivity index (χ2v) is 7.34. The maximum atomic E-state index is 15.0. The lowest BCUT2D eigenvalue weighted by molar-refractivity contribution is -0.124. The highest BCUT2D eigenvalue weighted by Crippen LogP contribution is 2.35. The molecule has 2 aromatic carbocycles. The number of benzene rings is 2. The summed E-state index contributed by atoms with van der Waals surface area (Å²) in [6.07, 6.45) is 1.50. The molecule has 9 heteroatoms. The summed E-state index contributed by atoms with van der Waals surface area (Å²) < 4.78 is 27.2. The van der Waals surface area contributed by atoms with Crippen molar-refractivity contribution in [3.63, 3.8) is 0 Å². The Bertz CT molecular complexity index is 1270. The molecule has 1 aliphatic heterocycles. The van der Waals surface area contributed by atoms with E-state index in [2.05, 4.69) is 10.6 Å². The quantitative estimate of drug-likeness (QED) is 0.578. The predicted octanol–water partition coefficient (Wildman–Crippen LogP) is 2.83. The van der Waals surface area contributed by atoms with E-state index in [9.17, 15) is 14.4 Å². The minimum absolute atomic E-state index is 0.0918. The number of nitrogens with one attached hydrogen (secondary N) is 2. The van der Waals surface area contributed by atoms with Crippen LogP contribution in [0.3, 0.4) is 0 Å². The number of amides is 3. The van der Waals surface area contributed by atoms with Crippen LogP contribution in [-0.2, 0) is 16.9 Å². The molecule has 164 valence electrons. The number of hydrogen-bond donors (Lipinski definition) is 2. The molecule has 1 fully saturated rings. The number of imide groups is 1. The van der Waals surface area contributed by atoms with Crippen LogP contribution >= 0.6 is 0 Å². The van der Waals surface area contributed by atoms with Gasteiger partial charge in [-0.1, -0.05) is 24.3 Å². The fraction of sp³-hybridized carbons (Fsp3) is 0.174. The van der Waals surface area contributed by atoms with Crippen molar-refractivity contribution in [2.45, 2.75) is 19.0 Å². The van der Waals surface area contributed by atoms with Crippen LogP contribution in [0.25, 0.3) is 0 Å². The molecule has 1 unspecified atom stereocenters. The molecule has 0 bridgehead atoms. The van der Waals surface area contributed by atoms with E-state index in [0.717, 1.165) is 6.07 Å². The normalized spacial score (nSPS) is 17.6. The highest BCUT2D eigenvalue weighted by molar-refractivity contribution is 6.07. The average Bonchev–Trinajstić information content (AvgIpc) is 3.06. The first kappa shape index (κ1) is 21.1. The van der Waals surface area contributed by atoms with Gasteiger partial charge in [-0.05, 0) is 42.8 Å². The standard InChI is InChI=1S/C23H20FN3O5/c1-14-6-5-11-27(20(14)28)13-23(21(29)25-22(30)26-23)15-9-10-17(16(24)12-15)32-19-8-4-3-7-18(19)31-2/h3-12H,13H2,1-2H3,(H2,25,26,29,30). The van der Waals surface area contributed by atoms with E-state index >= 15 is 4.39 Å². The summed E-state index contributed by atoms with van der Waals surface area (Å²) >= 11 is 0. The van der Waals surface area contributed by atoms with Gasteiger partial charge in [-0.15, -0.1) is 0 Å². The Kier molecular flexibility index (Phi) is 5.40. The Morgan fingerprint density at radius 1 is 1.00 bits per heavy atom. The van der Waals surface area contributed by atoms with Crippen molar-refractivity contribution < 1.29 is 23.5 Å². The fourth-order valence-electron chi connectivity index (χ4n) is 3.60. The summed E-state index contributed by atoms with van der Waals surface area (Å²) in [6.45, 7) is 1.43. The molecule has 2 heterocycles. The monoisotopic (exact) mass is 437 g/mol. The molecule has 1 saturated heterocycles. The van der Waals surface area contributed by atoms with Crippen LogP contribution in [0.5, 0.6) is 17.2 Å². The van der Waals surface area contributed by atoms with Gasteiger partial charge >= 0.3 is 6.03 Å². The molecule has 3 aromatic rings. The molecule has 1 atom stereocenters. The lowest BCUT2D eigenvalue weighted by Crippen LogP contribution is -2.49. The Hall–Kier alpha value is -4.14. The first-order valence-electron chi connectivity index (χ1n) is 9.74. The second-order valence-electron chi connectivity index (χ2n) is 7.34. The van der Waals surface area contributed by atoms with Gasteiger partial charge in [-0.2, -0.15) is 0 Å². The lowest BCUT2D eigenvalue weighted by Gasteiger charge is -2.28. The number of carbonyl (C=O) groups is 2. The summed E-state index contributed by atoms with van der Waals surface area (Å²) in [5.74, 6) is -0.791. The number of urea groups is 1. The molecule has 1 aromatic heterocycles. The van der Waals surface area contributed by atoms with Gasteiger partial charge in [0.05, 0.1) is 13.7 Å². The topological polar surface area (TPSA) is 98.7 Å². The van der Waals surface area contributed by atoms with Gasteiger partial charge in [0.15, 0.2) is 28.6 Å². The van der Waals surface area contributed by atoms with Gasteiger partial charge in [0, 0.05) is 11.8 Å². The van der Waals surface area contributed by atoms with Crippen molar-refractivity contribution >= 4 is 11.9 Å². The molecule has 32 heavy (non-hydrogen) atoms. The van der Waals surface area contributed by atoms with Crippen LogP contribution in [0, 0.1) is 12.7 Å². The van der Waals surface area contributed by atoms with Crippen molar-refractivity contribution in [2.75, 3.05) is 7.11 Å². The molecule has 4 rings (SSSR count). The third kappa shape index (κ3) is 3.68. The summed E-state index contributed by atoms with van der Waals surface area (Å²) in [4.78, 5) is 37.3. The van der Waals surface area contributed by atoms with Crippen LogP contribution in [0.4, 0.5) is 9.18 Å². The van der Waals surface area contributed by atoms with Crippen LogP contribution in [0.15, 0.2) is 65.6 Å². The predicted molar refractivity (Wildman–Crippen MR) is 113 cm³/mol. The largest absolute Gasteiger partial charge is 0.493 e. The zero-order chi connectivity index (χ0) is 22.9. The minimum atomic E-state index is -1.67. The van der Waals surface area contributed by atoms with E-state index in [1.807, 2.05) is 0 Å². The molecule has 3 amide bonds. The van der Waals surface area contributed by atoms with Crippen LogP contribution in [0.2, 0.25) is 0 Å². The number of para-hydroxylation sites is 2. The van der Waals surface area contributed by atoms with Crippen molar-refractivity contribution in [3.05, 3.63) is 88.1 Å². The Labute approximate surface area is 182 Å². The molecule has 0 radical (unpaired) electrons. The van der Waals surface area contributed by atoms with Gasteiger partial charge < -0.3 is 19.4 Å². The number of aryl methyl sites for hydroxylation is 1. The van der Waals surface area contributed by atoms with Gasteiger partial charge in [-0.3, -0.25) is 14.9 Å². The summed E-state index contributed by atoms with van der Waals surface area (Å²) in [6, 6.07) is 13.3. The molecule has 0 spiro atoms. The molecule has 2 N–H and O–H groups in total. The first-order chi connectivity index (χ1) is 15.3. The average molecular weight is 437 g/mol. The second kappa shape index (κ2) is 8.18. The number of hydrogen-bond acceptors (Lipinski definition) is 5. The minimum Gasteiger partial charge on any atom is -0.493 e. The highest BCUT2D eigenvalue weighted by Gasteiger charge is 2.48.